The highest BCUT2D eigenvalue weighted by atomic mass is 16.6. The molecule has 2 amide bonds. The van der Waals surface area contributed by atoms with E-state index in [1.807, 2.05) is 4.90 Å². The van der Waals surface area contributed by atoms with Crippen LogP contribution in [0.2, 0.25) is 0 Å². The summed E-state index contributed by atoms with van der Waals surface area (Å²) < 4.78 is 4.95. The zero-order valence-corrected chi connectivity index (χ0v) is 12.6. The fraction of sp³-hybridized carbons (Fsp3) is 0.857. The minimum atomic E-state index is -0.281. The van der Waals surface area contributed by atoms with Crippen molar-refractivity contribution in [2.24, 2.45) is 11.7 Å². The fourth-order valence-electron chi connectivity index (χ4n) is 2.31. The van der Waals surface area contributed by atoms with Gasteiger partial charge in [-0.3, -0.25) is 4.79 Å². The van der Waals surface area contributed by atoms with E-state index in [4.69, 9.17) is 10.5 Å². The molecule has 0 saturated carbocycles. The molecule has 20 heavy (non-hydrogen) atoms. The van der Waals surface area contributed by atoms with Gasteiger partial charge in [0.2, 0.25) is 5.91 Å². The molecule has 1 aliphatic rings. The van der Waals surface area contributed by atoms with E-state index in [2.05, 4.69) is 6.92 Å². The van der Waals surface area contributed by atoms with Crippen molar-refractivity contribution in [2.45, 2.75) is 33.1 Å². The van der Waals surface area contributed by atoms with Crippen molar-refractivity contribution in [1.29, 1.82) is 0 Å². The summed E-state index contributed by atoms with van der Waals surface area (Å²) in [6.45, 7) is 7.29. The molecule has 1 fully saturated rings. The molecule has 0 aliphatic carbocycles. The van der Waals surface area contributed by atoms with Crippen LogP contribution in [0.25, 0.3) is 0 Å². The Balaban J connectivity index is 2.27. The Morgan fingerprint density at radius 2 is 1.75 bits per heavy atom. The molecule has 1 saturated heterocycles. The van der Waals surface area contributed by atoms with Gasteiger partial charge in [0.05, 0.1) is 6.61 Å². The third kappa shape index (κ3) is 5.36. The van der Waals surface area contributed by atoms with Gasteiger partial charge in [-0.15, -0.1) is 0 Å². The van der Waals surface area contributed by atoms with Crippen LogP contribution in [0, 0.1) is 5.92 Å². The summed E-state index contributed by atoms with van der Waals surface area (Å²) in [5.74, 6) is 0.669. The van der Waals surface area contributed by atoms with E-state index in [9.17, 15) is 9.59 Å². The minimum absolute atomic E-state index is 0.178. The molecule has 6 heteroatoms. The smallest absolute Gasteiger partial charge is 0.409 e. The lowest BCUT2D eigenvalue weighted by Gasteiger charge is -2.34. The lowest BCUT2D eigenvalue weighted by Crippen LogP contribution is -2.50. The van der Waals surface area contributed by atoms with Crippen LogP contribution >= 0.6 is 0 Å². The number of hydrogen-bond acceptors (Lipinski definition) is 4. The average Bonchev–Trinajstić information content (AvgIpc) is 2.45. The van der Waals surface area contributed by atoms with E-state index in [1.54, 1.807) is 11.8 Å². The average molecular weight is 285 g/mol. The van der Waals surface area contributed by atoms with E-state index in [1.165, 1.54) is 0 Å². The summed E-state index contributed by atoms with van der Waals surface area (Å²) in [6.07, 6.45) is 2.13. The van der Waals surface area contributed by atoms with Crippen molar-refractivity contribution in [2.75, 3.05) is 39.3 Å². The van der Waals surface area contributed by atoms with Gasteiger partial charge in [0.15, 0.2) is 0 Å². The molecule has 2 N–H and O–H groups in total. The van der Waals surface area contributed by atoms with E-state index in [0.29, 0.717) is 51.7 Å². The first-order chi connectivity index (χ1) is 9.58. The lowest BCUT2D eigenvalue weighted by atomic mass is 10.0. The van der Waals surface area contributed by atoms with Crippen LogP contribution in [0.15, 0.2) is 0 Å². The highest BCUT2D eigenvalue weighted by Gasteiger charge is 2.24. The van der Waals surface area contributed by atoms with Crippen LogP contribution in [-0.2, 0) is 9.53 Å². The molecule has 1 atom stereocenters. The third-order valence-electron chi connectivity index (χ3n) is 3.67. The summed E-state index contributed by atoms with van der Waals surface area (Å²) in [5.41, 5.74) is 5.50. The van der Waals surface area contributed by atoms with Crippen LogP contribution in [-0.4, -0.2) is 61.1 Å². The number of nitrogens with zero attached hydrogens (tertiary/aromatic N) is 2. The maximum Gasteiger partial charge on any atom is 0.409 e. The van der Waals surface area contributed by atoms with Crippen molar-refractivity contribution in [3.8, 4) is 0 Å². The molecule has 1 unspecified atom stereocenters. The van der Waals surface area contributed by atoms with Gasteiger partial charge in [0, 0.05) is 32.6 Å². The SMILES string of the molecule is CCOC(=O)N1CCN(C(=O)CCC(C)CCN)CC1. The van der Waals surface area contributed by atoms with Gasteiger partial charge in [-0.25, -0.2) is 4.79 Å². The first-order valence-electron chi connectivity index (χ1n) is 7.48. The predicted molar refractivity (Wildman–Crippen MR) is 77.2 cm³/mol. The quantitative estimate of drug-likeness (QED) is 0.791. The first-order valence-corrected chi connectivity index (χ1v) is 7.48. The fourth-order valence-corrected chi connectivity index (χ4v) is 2.31. The number of hydrogen-bond donors (Lipinski definition) is 1. The Morgan fingerprint density at radius 3 is 2.30 bits per heavy atom. The summed E-state index contributed by atoms with van der Waals surface area (Å²) >= 11 is 0. The van der Waals surface area contributed by atoms with Gasteiger partial charge >= 0.3 is 6.09 Å². The Bertz CT molecular complexity index is 315. The monoisotopic (exact) mass is 285 g/mol. The van der Waals surface area contributed by atoms with Gasteiger partial charge in [0.25, 0.3) is 0 Å². The summed E-state index contributed by atoms with van der Waals surface area (Å²) in [6, 6.07) is 0. The van der Waals surface area contributed by atoms with E-state index >= 15 is 0 Å². The second-order valence-corrected chi connectivity index (χ2v) is 5.29. The Morgan fingerprint density at radius 1 is 1.15 bits per heavy atom. The molecule has 0 aromatic rings. The maximum atomic E-state index is 12.1. The molecule has 116 valence electrons. The number of rotatable bonds is 6. The predicted octanol–water partition coefficient (Wildman–Crippen LogP) is 1.05. The van der Waals surface area contributed by atoms with Crippen LogP contribution in [0.1, 0.15) is 33.1 Å². The molecular formula is C14H27N3O3. The number of nitrogens with two attached hydrogens (primary N) is 1. The van der Waals surface area contributed by atoms with Crippen molar-refractivity contribution in [1.82, 2.24) is 9.80 Å². The number of carbonyl (C=O) groups is 2. The van der Waals surface area contributed by atoms with E-state index in [0.717, 1.165) is 12.8 Å². The van der Waals surface area contributed by atoms with E-state index < -0.39 is 0 Å². The molecule has 0 spiro atoms. The molecule has 1 aliphatic heterocycles. The summed E-state index contributed by atoms with van der Waals surface area (Å²) in [5, 5.41) is 0. The molecule has 6 nitrogen and oxygen atoms in total. The number of piperazine rings is 1. The van der Waals surface area contributed by atoms with Gasteiger partial charge < -0.3 is 20.3 Å². The van der Waals surface area contributed by atoms with Crippen molar-refractivity contribution in [3.63, 3.8) is 0 Å². The van der Waals surface area contributed by atoms with Gasteiger partial charge in [0.1, 0.15) is 0 Å². The van der Waals surface area contributed by atoms with Crippen molar-refractivity contribution < 1.29 is 14.3 Å². The second kappa shape index (κ2) is 8.79. The highest BCUT2D eigenvalue weighted by molar-refractivity contribution is 5.76. The second-order valence-electron chi connectivity index (χ2n) is 5.29. The normalized spacial score (nSPS) is 16.9. The third-order valence-corrected chi connectivity index (χ3v) is 3.67. The molecule has 0 bridgehead atoms. The van der Waals surface area contributed by atoms with Crippen LogP contribution in [0.4, 0.5) is 4.79 Å². The van der Waals surface area contributed by atoms with Crippen LogP contribution in [0.3, 0.4) is 0 Å². The topological polar surface area (TPSA) is 75.9 Å². The minimum Gasteiger partial charge on any atom is -0.450 e. The Labute approximate surface area is 121 Å². The molecule has 0 radical (unpaired) electrons. The molecule has 1 heterocycles. The van der Waals surface area contributed by atoms with Crippen LogP contribution < -0.4 is 5.73 Å². The van der Waals surface area contributed by atoms with Crippen LogP contribution in [0.5, 0.6) is 0 Å². The highest BCUT2D eigenvalue weighted by Crippen LogP contribution is 2.12. The van der Waals surface area contributed by atoms with Gasteiger partial charge in [-0.2, -0.15) is 0 Å². The van der Waals surface area contributed by atoms with E-state index in [-0.39, 0.29) is 12.0 Å². The molecule has 0 aromatic carbocycles. The zero-order chi connectivity index (χ0) is 15.0. The number of carbonyl (C=O) groups excluding carboxylic acids is 2. The van der Waals surface area contributed by atoms with Crippen molar-refractivity contribution >= 4 is 12.0 Å². The summed E-state index contributed by atoms with van der Waals surface area (Å²) in [4.78, 5) is 27.1. The summed E-state index contributed by atoms with van der Waals surface area (Å²) in [7, 11) is 0. The van der Waals surface area contributed by atoms with Crippen molar-refractivity contribution in [3.05, 3.63) is 0 Å². The number of amides is 2. The standard InChI is InChI=1S/C14H27N3O3/c1-3-20-14(19)17-10-8-16(9-11-17)13(18)5-4-12(2)6-7-15/h12H,3-11,15H2,1-2H3. The van der Waals surface area contributed by atoms with Gasteiger partial charge in [-0.1, -0.05) is 6.92 Å². The molecule has 0 aromatic heterocycles. The maximum absolute atomic E-state index is 12.1. The number of ether oxygens (including phenoxy) is 1. The molecule has 1 rings (SSSR count). The Hall–Kier alpha value is -1.30. The van der Waals surface area contributed by atoms with Gasteiger partial charge in [-0.05, 0) is 32.2 Å². The first kappa shape index (κ1) is 16.8. The largest absolute Gasteiger partial charge is 0.450 e. The molecular weight excluding hydrogens is 258 g/mol. The zero-order valence-electron chi connectivity index (χ0n) is 12.6. The lowest BCUT2D eigenvalue weighted by molar-refractivity contribution is -0.133. The Kier molecular flexibility index (Phi) is 7.36.